The molecule has 1 rings (SSSR count). The Morgan fingerprint density at radius 3 is 2.57 bits per heavy atom. The van der Waals surface area contributed by atoms with Crippen molar-refractivity contribution in [3.8, 4) is 0 Å². The van der Waals surface area contributed by atoms with Gasteiger partial charge in [-0.15, -0.1) is 0 Å². The summed E-state index contributed by atoms with van der Waals surface area (Å²) in [6, 6.07) is 0. The fourth-order valence-corrected chi connectivity index (χ4v) is 0.904. The molecule has 0 aliphatic carbocycles. The molecule has 3 heteroatoms. The second-order valence-corrected chi connectivity index (χ2v) is 2.26. The van der Waals surface area contributed by atoms with Crippen LogP contribution in [0.25, 0.3) is 0 Å². The maximum Gasteiger partial charge on any atom is 0.0689 e. The van der Waals surface area contributed by atoms with Crippen molar-refractivity contribution in [2.75, 3.05) is 13.2 Å². The molecule has 42 valence electrons. The third-order valence-corrected chi connectivity index (χ3v) is 1.44. The van der Waals surface area contributed by atoms with Gasteiger partial charge in [-0.2, -0.15) is 4.83 Å². The minimum atomic E-state index is 0.892. The van der Waals surface area contributed by atoms with Gasteiger partial charge >= 0.3 is 0 Å². The zero-order chi connectivity index (χ0) is 5.11. The molecule has 2 nitrogen and oxygen atoms in total. The molecule has 1 saturated heterocycles. The Morgan fingerprint density at radius 2 is 2.29 bits per heavy atom. The van der Waals surface area contributed by atoms with Gasteiger partial charge in [0.15, 0.2) is 0 Å². The van der Waals surface area contributed by atoms with Gasteiger partial charge in [-0.25, -0.2) is 0 Å². The van der Waals surface area contributed by atoms with E-state index in [1.807, 2.05) is 4.83 Å². The Morgan fingerprint density at radius 1 is 1.43 bits per heavy atom. The van der Waals surface area contributed by atoms with Crippen LogP contribution in [-0.4, -0.2) is 18.0 Å². The number of hydrogen-bond acceptors (Lipinski definition) is 2. The lowest BCUT2D eigenvalue weighted by Gasteiger charge is -2.20. The van der Waals surface area contributed by atoms with E-state index in [1.54, 1.807) is 0 Å². The molecule has 7 heavy (non-hydrogen) atoms. The molecule has 0 bridgehead atoms. The van der Waals surface area contributed by atoms with E-state index in [0.717, 1.165) is 13.2 Å². The van der Waals surface area contributed by atoms with Crippen molar-refractivity contribution in [2.24, 2.45) is 0 Å². The Labute approximate surface area is 46.0 Å². The van der Waals surface area contributed by atoms with Crippen LogP contribution in [0.4, 0.5) is 0 Å². The molecular formula is C4H10NOP. The first kappa shape index (κ1) is 5.49. The molecule has 0 spiro atoms. The van der Waals surface area contributed by atoms with Crippen LogP contribution in [0.1, 0.15) is 12.8 Å². The number of hydroxylamine groups is 1. The van der Waals surface area contributed by atoms with E-state index in [2.05, 4.69) is 9.39 Å². The first-order valence-corrected chi connectivity index (χ1v) is 3.06. The third-order valence-electron chi connectivity index (χ3n) is 1.03. The summed E-state index contributed by atoms with van der Waals surface area (Å²) in [6.45, 7) is 1.95. The standard InChI is InChI=1S/C4H10NOP/c7-5-3-1-2-4-6-5/h1-4,7H2. The predicted octanol–water partition coefficient (Wildman–Crippen LogP) is 0.804. The Hall–Kier alpha value is 0.350. The summed E-state index contributed by atoms with van der Waals surface area (Å²) in [5.41, 5.74) is 0. The average Bonchev–Trinajstić information content (AvgIpc) is 1.69. The highest BCUT2D eigenvalue weighted by molar-refractivity contribution is 7.13. The van der Waals surface area contributed by atoms with Crippen molar-refractivity contribution in [2.45, 2.75) is 12.8 Å². The summed E-state index contributed by atoms with van der Waals surface area (Å²) >= 11 is 0. The summed E-state index contributed by atoms with van der Waals surface area (Å²) in [5, 5.41) is 0. The zero-order valence-electron chi connectivity index (χ0n) is 4.26. The van der Waals surface area contributed by atoms with Gasteiger partial charge < -0.3 is 0 Å². The molecule has 0 radical (unpaired) electrons. The van der Waals surface area contributed by atoms with Crippen molar-refractivity contribution in [1.29, 1.82) is 0 Å². The Kier molecular flexibility index (Phi) is 2.04. The first-order chi connectivity index (χ1) is 3.39. The van der Waals surface area contributed by atoms with Crippen molar-refractivity contribution in [1.82, 2.24) is 4.83 Å². The normalized spacial score (nSPS) is 25.3. The highest BCUT2D eigenvalue weighted by Gasteiger charge is 2.02. The van der Waals surface area contributed by atoms with Crippen LogP contribution >= 0.6 is 9.39 Å². The molecule has 1 heterocycles. The molecule has 0 saturated carbocycles. The molecule has 1 unspecified atom stereocenters. The van der Waals surface area contributed by atoms with Crippen molar-refractivity contribution in [3.63, 3.8) is 0 Å². The van der Waals surface area contributed by atoms with Crippen LogP contribution in [0.5, 0.6) is 0 Å². The van der Waals surface area contributed by atoms with Gasteiger partial charge in [-0.3, -0.25) is 4.84 Å². The maximum atomic E-state index is 5.07. The van der Waals surface area contributed by atoms with Crippen molar-refractivity contribution in [3.05, 3.63) is 0 Å². The van der Waals surface area contributed by atoms with Crippen LogP contribution in [0.3, 0.4) is 0 Å². The smallest absolute Gasteiger partial charge is 0.0689 e. The fourth-order valence-electron chi connectivity index (χ4n) is 0.616. The molecule has 0 N–H and O–H groups in total. The van der Waals surface area contributed by atoms with Gasteiger partial charge in [0.2, 0.25) is 0 Å². The quantitative estimate of drug-likeness (QED) is 0.437. The van der Waals surface area contributed by atoms with Crippen molar-refractivity contribution < 1.29 is 4.84 Å². The second kappa shape index (κ2) is 2.61. The molecule has 0 aromatic rings. The SMILES string of the molecule is PN1CCCCO1. The lowest BCUT2D eigenvalue weighted by Crippen LogP contribution is -2.20. The zero-order valence-corrected chi connectivity index (χ0v) is 5.42. The van der Waals surface area contributed by atoms with Gasteiger partial charge in [-0.05, 0) is 22.2 Å². The number of hydrogen-bond donors (Lipinski definition) is 0. The molecule has 1 atom stereocenters. The van der Waals surface area contributed by atoms with Gasteiger partial charge in [-0.1, -0.05) is 0 Å². The topological polar surface area (TPSA) is 12.5 Å². The summed E-state index contributed by atoms with van der Waals surface area (Å²) < 4.78 is 0. The highest BCUT2D eigenvalue weighted by atomic mass is 31.0. The molecule has 1 aliphatic heterocycles. The van der Waals surface area contributed by atoms with E-state index < -0.39 is 0 Å². The number of rotatable bonds is 0. The van der Waals surface area contributed by atoms with Crippen LogP contribution in [0, 0.1) is 0 Å². The molecule has 1 aliphatic rings. The van der Waals surface area contributed by atoms with Gasteiger partial charge in [0.25, 0.3) is 0 Å². The predicted molar refractivity (Wildman–Crippen MR) is 31.6 cm³/mol. The van der Waals surface area contributed by atoms with E-state index in [9.17, 15) is 0 Å². The van der Waals surface area contributed by atoms with E-state index in [1.165, 1.54) is 12.8 Å². The lowest BCUT2D eigenvalue weighted by atomic mass is 10.3. The minimum absolute atomic E-state index is 0.892. The monoisotopic (exact) mass is 119 g/mol. The average molecular weight is 119 g/mol. The Balaban J connectivity index is 2.12. The summed E-state index contributed by atoms with van der Waals surface area (Å²) in [7, 11) is 2.52. The third kappa shape index (κ3) is 1.72. The lowest BCUT2D eigenvalue weighted by molar-refractivity contribution is -0.101. The molecule has 0 aromatic carbocycles. The summed E-state index contributed by atoms with van der Waals surface area (Å²) in [6.07, 6.45) is 2.48. The van der Waals surface area contributed by atoms with E-state index in [-0.39, 0.29) is 0 Å². The van der Waals surface area contributed by atoms with Crippen LogP contribution in [0.15, 0.2) is 0 Å². The molecule has 0 amide bonds. The van der Waals surface area contributed by atoms with Crippen LogP contribution in [-0.2, 0) is 4.84 Å². The molecule has 1 fully saturated rings. The molecule has 0 aromatic heterocycles. The molecular weight excluding hydrogens is 109 g/mol. The second-order valence-electron chi connectivity index (χ2n) is 1.68. The van der Waals surface area contributed by atoms with E-state index >= 15 is 0 Å². The summed E-state index contributed by atoms with van der Waals surface area (Å²) in [5.74, 6) is 0. The minimum Gasteiger partial charge on any atom is -0.296 e. The maximum absolute atomic E-state index is 5.07. The van der Waals surface area contributed by atoms with Crippen LogP contribution < -0.4 is 0 Å². The Bertz CT molecular complexity index is 53.7. The highest BCUT2D eigenvalue weighted by Crippen LogP contribution is 2.08. The van der Waals surface area contributed by atoms with Gasteiger partial charge in [0, 0.05) is 6.54 Å². The first-order valence-electron chi connectivity index (χ1n) is 2.55. The van der Waals surface area contributed by atoms with Gasteiger partial charge in [0.05, 0.1) is 6.61 Å². The largest absolute Gasteiger partial charge is 0.296 e. The van der Waals surface area contributed by atoms with Crippen molar-refractivity contribution >= 4 is 9.39 Å². The van der Waals surface area contributed by atoms with E-state index in [0.29, 0.717) is 0 Å². The van der Waals surface area contributed by atoms with E-state index in [4.69, 9.17) is 4.84 Å². The van der Waals surface area contributed by atoms with Gasteiger partial charge in [0.1, 0.15) is 0 Å². The fraction of sp³-hybridized carbons (Fsp3) is 1.00. The summed E-state index contributed by atoms with van der Waals surface area (Å²) in [4.78, 5) is 6.88. The van der Waals surface area contributed by atoms with Crippen LogP contribution in [0.2, 0.25) is 0 Å². The number of nitrogens with zero attached hydrogens (tertiary/aromatic N) is 1.